The molecule has 0 saturated heterocycles. The molecule has 5 rings (SSSR count). The molecule has 0 spiro atoms. The molecule has 3 aromatic heterocycles. The van der Waals surface area contributed by atoms with E-state index in [0.717, 1.165) is 60.1 Å². The average Bonchev–Trinajstić information content (AvgIpc) is 3.53. The van der Waals surface area contributed by atoms with E-state index in [4.69, 9.17) is 0 Å². The minimum atomic E-state index is 0.101. The monoisotopic (exact) mass is 485 g/mol. The summed E-state index contributed by atoms with van der Waals surface area (Å²) in [4.78, 5) is 18.3. The van der Waals surface area contributed by atoms with Gasteiger partial charge in [0.1, 0.15) is 0 Å². The first-order chi connectivity index (χ1) is 17.7. The summed E-state index contributed by atoms with van der Waals surface area (Å²) in [5.41, 5.74) is 5.12. The molecule has 36 heavy (non-hydrogen) atoms. The summed E-state index contributed by atoms with van der Waals surface area (Å²) in [6, 6.07) is 10.3. The Labute approximate surface area is 211 Å². The minimum Gasteiger partial charge on any atom is -0.295 e. The van der Waals surface area contributed by atoms with Gasteiger partial charge in [-0.25, -0.2) is 4.79 Å². The molecule has 0 amide bonds. The Balaban J connectivity index is 1.57. The number of nitrogens with one attached hydrogen (secondary N) is 1. The first-order valence-corrected chi connectivity index (χ1v) is 13.2. The summed E-state index contributed by atoms with van der Waals surface area (Å²) >= 11 is 0. The highest BCUT2D eigenvalue weighted by molar-refractivity contribution is 5.81. The zero-order chi connectivity index (χ0) is 25.1. The fraction of sp³-hybridized carbons (Fsp3) is 0.464. The van der Waals surface area contributed by atoms with Crippen LogP contribution in [0.15, 0.2) is 53.7 Å². The first-order valence-electron chi connectivity index (χ1n) is 13.2. The van der Waals surface area contributed by atoms with Crippen LogP contribution < -0.4 is 5.69 Å². The van der Waals surface area contributed by atoms with Gasteiger partial charge in [-0.1, -0.05) is 64.3 Å². The van der Waals surface area contributed by atoms with Crippen molar-refractivity contribution in [3.8, 4) is 22.5 Å². The number of imidazole rings is 1. The third kappa shape index (κ3) is 4.40. The van der Waals surface area contributed by atoms with Crippen LogP contribution in [0.2, 0.25) is 0 Å². The summed E-state index contributed by atoms with van der Waals surface area (Å²) in [5.74, 6) is 1.71. The minimum absolute atomic E-state index is 0.101. The Kier molecular flexibility index (Phi) is 7.11. The first kappa shape index (κ1) is 24.2. The van der Waals surface area contributed by atoms with Gasteiger partial charge in [-0.2, -0.15) is 5.21 Å². The maximum Gasteiger partial charge on any atom is 0.328 e. The van der Waals surface area contributed by atoms with Gasteiger partial charge in [-0.15, -0.1) is 10.2 Å². The fourth-order valence-electron chi connectivity index (χ4n) is 5.79. The third-order valence-corrected chi connectivity index (χ3v) is 7.85. The molecule has 1 N–H and O–H groups in total. The van der Waals surface area contributed by atoms with E-state index < -0.39 is 0 Å². The Morgan fingerprint density at radius 3 is 2.50 bits per heavy atom. The maximum atomic E-state index is 13.9. The lowest BCUT2D eigenvalue weighted by Gasteiger charge is -2.44. The normalized spacial score (nSPS) is 19.4. The van der Waals surface area contributed by atoms with Gasteiger partial charge >= 0.3 is 5.69 Å². The van der Waals surface area contributed by atoms with Crippen molar-refractivity contribution in [2.45, 2.75) is 71.9 Å². The van der Waals surface area contributed by atoms with Gasteiger partial charge in [-0.05, 0) is 59.1 Å². The van der Waals surface area contributed by atoms with Gasteiger partial charge in [-0.3, -0.25) is 14.1 Å². The lowest BCUT2D eigenvalue weighted by Crippen LogP contribution is -2.42. The number of aryl methyl sites for hydroxylation is 1. The van der Waals surface area contributed by atoms with E-state index in [9.17, 15) is 4.79 Å². The molecule has 0 radical (unpaired) electrons. The SMILES string of the molecule is CCCCc1cn(C2C(CC)CC2CC)c(=O)n1Cc1cnccc1-c1ccccc1-c1nn[nH]n1. The molecule has 2 atom stereocenters. The van der Waals surface area contributed by atoms with Crippen LogP contribution >= 0.6 is 0 Å². The second-order valence-electron chi connectivity index (χ2n) is 9.88. The molecular weight excluding hydrogens is 450 g/mol. The van der Waals surface area contributed by atoms with E-state index in [2.05, 4.69) is 63.2 Å². The number of unbranched alkanes of at least 4 members (excludes halogenated alkanes) is 1. The topological polar surface area (TPSA) is 94.3 Å². The van der Waals surface area contributed by atoms with Crippen molar-refractivity contribution >= 4 is 0 Å². The van der Waals surface area contributed by atoms with Gasteiger partial charge in [0, 0.05) is 35.9 Å². The van der Waals surface area contributed by atoms with Crippen LogP contribution in [0.5, 0.6) is 0 Å². The molecule has 4 aromatic rings. The van der Waals surface area contributed by atoms with Crippen LogP contribution in [0.3, 0.4) is 0 Å². The highest BCUT2D eigenvalue weighted by atomic mass is 16.1. The molecule has 8 heteroatoms. The predicted octanol–water partition coefficient (Wildman–Crippen LogP) is 5.28. The molecule has 1 fully saturated rings. The van der Waals surface area contributed by atoms with Crippen LogP contribution in [-0.4, -0.2) is 34.7 Å². The number of tetrazole rings is 1. The van der Waals surface area contributed by atoms with Crippen LogP contribution in [0.4, 0.5) is 0 Å². The Morgan fingerprint density at radius 2 is 1.81 bits per heavy atom. The molecular formula is C28H35N7O. The van der Waals surface area contributed by atoms with Crippen molar-refractivity contribution in [2.24, 2.45) is 11.8 Å². The standard InChI is InChI=1S/C28H35N7O/c1-4-7-10-22-18-35(26-19(5-2)15-20(26)6-3)28(36)34(22)17-21-16-29-14-13-23(21)24-11-8-9-12-25(24)27-30-32-33-31-27/h8-9,11-14,16,18-20,26H,4-7,10,15,17H2,1-3H3,(H,30,31,32,33). The highest BCUT2D eigenvalue weighted by Gasteiger charge is 2.41. The number of nitrogens with zero attached hydrogens (tertiary/aromatic N) is 6. The molecule has 188 valence electrons. The van der Waals surface area contributed by atoms with Crippen molar-refractivity contribution in [1.82, 2.24) is 34.7 Å². The van der Waals surface area contributed by atoms with Gasteiger partial charge < -0.3 is 0 Å². The molecule has 1 aliphatic rings. The van der Waals surface area contributed by atoms with E-state index in [0.29, 0.717) is 30.2 Å². The van der Waals surface area contributed by atoms with Gasteiger partial charge in [0.25, 0.3) is 0 Å². The largest absolute Gasteiger partial charge is 0.328 e. The number of aromatic amines is 1. The lowest BCUT2D eigenvalue weighted by atomic mass is 9.67. The number of aromatic nitrogens is 7. The van der Waals surface area contributed by atoms with Crippen molar-refractivity contribution in [2.75, 3.05) is 0 Å². The maximum absolute atomic E-state index is 13.9. The predicted molar refractivity (Wildman–Crippen MR) is 140 cm³/mol. The molecule has 0 aliphatic heterocycles. The summed E-state index contributed by atoms with van der Waals surface area (Å²) in [5, 5.41) is 14.7. The van der Waals surface area contributed by atoms with Gasteiger partial charge in [0.15, 0.2) is 0 Å². The van der Waals surface area contributed by atoms with Crippen LogP contribution in [0.1, 0.15) is 70.2 Å². The number of rotatable bonds is 10. The summed E-state index contributed by atoms with van der Waals surface area (Å²) < 4.78 is 4.03. The lowest BCUT2D eigenvalue weighted by molar-refractivity contribution is 0.0710. The van der Waals surface area contributed by atoms with Crippen molar-refractivity contribution in [3.63, 3.8) is 0 Å². The van der Waals surface area contributed by atoms with Crippen molar-refractivity contribution in [3.05, 3.63) is 70.7 Å². The molecule has 3 heterocycles. The number of H-pyrrole nitrogens is 1. The van der Waals surface area contributed by atoms with Crippen molar-refractivity contribution < 1.29 is 0 Å². The number of benzene rings is 1. The van der Waals surface area contributed by atoms with Crippen LogP contribution in [0.25, 0.3) is 22.5 Å². The highest BCUT2D eigenvalue weighted by Crippen LogP contribution is 2.47. The quantitative estimate of drug-likeness (QED) is 0.330. The van der Waals surface area contributed by atoms with E-state index in [1.54, 1.807) is 6.20 Å². The van der Waals surface area contributed by atoms with E-state index in [-0.39, 0.29) is 5.69 Å². The number of hydrogen-bond acceptors (Lipinski definition) is 5. The smallest absolute Gasteiger partial charge is 0.295 e. The second kappa shape index (κ2) is 10.6. The zero-order valence-corrected chi connectivity index (χ0v) is 21.4. The summed E-state index contributed by atoms with van der Waals surface area (Å²) in [6.45, 7) is 7.16. The summed E-state index contributed by atoms with van der Waals surface area (Å²) in [7, 11) is 0. The Bertz CT molecular complexity index is 1340. The molecule has 2 unspecified atom stereocenters. The zero-order valence-electron chi connectivity index (χ0n) is 21.4. The summed E-state index contributed by atoms with van der Waals surface area (Å²) in [6.07, 6.45) is 12.3. The molecule has 1 saturated carbocycles. The van der Waals surface area contributed by atoms with E-state index in [1.807, 2.05) is 35.0 Å². The Morgan fingerprint density at radius 1 is 1.03 bits per heavy atom. The van der Waals surface area contributed by atoms with E-state index in [1.165, 1.54) is 6.42 Å². The van der Waals surface area contributed by atoms with Crippen LogP contribution in [-0.2, 0) is 13.0 Å². The number of pyridine rings is 1. The average molecular weight is 486 g/mol. The van der Waals surface area contributed by atoms with E-state index >= 15 is 0 Å². The third-order valence-electron chi connectivity index (χ3n) is 7.85. The van der Waals surface area contributed by atoms with Gasteiger partial charge in [0.05, 0.1) is 6.54 Å². The molecule has 8 nitrogen and oxygen atoms in total. The van der Waals surface area contributed by atoms with Crippen LogP contribution in [0, 0.1) is 11.8 Å². The molecule has 1 aliphatic carbocycles. The van der Waals surface area contributed by atoms with Gasteiger partial charge in [0.2, 0.25) is 5.82 Å². The number of hydrogen-bond donors (Lipinski definition) is 1. The molecule has 1 aromatic carbocycles. The fourth-order valence-corrected chi connectivity index (χ4v) is 5.79. The Hall–Kier alpha value is -3.55. The second-order valence-corrected chi connectivity index (χ2v) is 9.88. The van der Waals surface area contributed by atoms with Crippen molar-refractivity contribution in [1.29, 1.82) is 0 Å². The molecule has 0 bridgehead atoms.